The standard InChI is InChI=1S/C14H11FO3/c1-3-14(16,13-5-4-8-18-13)10-6-7-12(17-2)11(15)9-10/h1,4-9,16H,2H3. The zero-order chi connectivity index (χ0) is 13.2. The molecule has 1 atom stereocenters. The lowest BCUT2D eigenvalue weighted by molar-refractivity contribution is 0.117. The van der Waals surface area contributed by atoms with Gasteiger partial charge in [0.25, 0.3) is 0 Å². The van der Waals surface area contributed by atoms with Crippen LogP contribution in [-0.2, 0) is 5.60 Å². The van der Waals surface area contributed by atoms with E-state index in [1.807, 2.05) is 0 Å². The maximum Gasteiger partial charge on any atom is 0.209 e. The quantitative estimate of drug-likeness (QED) is 0.845. The second kappa shape index (κ2) is 4.55. The highest BCUT2D eigenvalue weighted by Gasteiger charge is 2.33. The monoisotopic (exact) mass is 246 g/mol. The molecule has 0 bridgehead atoms. The number of furan rings is 1. The Labute approximate surface area is 104 Å². The first-order valence-electron chi connectivity index (χ1n) is 5.20. The van der Waals surface area contributed by atoms with Gasteiger partial charge in [-0.25, -0.2) is 4.39 Å². The molecule has 0 saturated carbocycles. The van der Waals surface area contributed by atoms with Crippen molar-refractivity contribution in [1.82, 2.24) is 0 Å². The average molecular weight is 246 g/mol. The summed E-state index contributed by atoms with van der Waals surface area (Å²) < 4.78 is 23.5. The van der Waals surface area contributed by atoms with Crippen molar-refractivity contribution in [2.24, 2.45) is 0 Å². The third-order valence-corrected chi connectivity index (χ3v) is 2.66. The van der Waals surface area contributed by atoms with Crippen LogP contribution in [0.1, 0.15) is 11.3 Å². The topological polar surface area (TPSA) is 42.6 Å². The molecule has 0 saturated heterocycles. The van der Waals surface area contributed by atoms with Crippen molar-refractivity contribution in [2.45, 2.75) is 5.60 Å². The predicted molar refractivity (Wildman–Crippen MR) is 63.5 cm³/mol. The smallest absolute Gasteiger partial charge is 0.209 e. The van der Waals surface area contributed by atoms with Crippen LogP contribution < -0.4 is 4.74 Å². The molecule has 0 aliphatic carbocycles. The first-order valence-corrected chi connectivity index (χ1v) is 5.20. The Morgan fingerprint density at radius 2 is 2.22 bits per heavy atom. The van der Waals surface area contributed by atoms with Gasteiger partial charge in [-0.05, 0) is 24.3 Å². The van der Waals surface area contributed by atoms with Crippen molar-refractivity contribution in [3.8, 4) is 18.1 Å². The Bertz CT molecular complexity index is 584. The average Bonchev–Trinajstić information content (AvgIpc) is 2.92. The largest absolute Gasteiger partial charge is 0.494 e. The summed E-state index contributed by atoms with van der Waals surface area (Å²) in [6, 6.07) is 7.14. The maximum absolute atomic E-state index is 13.6. The zero-order valence-electron chi connectivity index (χ0n) is 9.68. The summed E-state index contributed by atoms with van der Waals surface area (Å²) in [5.41, 5.74) is -1.59. The van der Waals surface area contributed by atoms with Gasteiger partial charge < -0.3 is 14.3 Å². The van der Waals surface area contributed by atoms with E-state index in [9.17, 15) is 9.50 Å². The Morgan fingerprint density at radius 1 is 1.44 bits per heavy atom. The van der Waals surface area contributed by atoms with Crippen LogP contribution in [0.4, 0.5) is 4.39 Å². The highest BCUT2D eigenvalue weighted by atomic mass is 19.1. The van der Waals surface area contributed by atoms with Crippen LogP contribution in [0.25, 0.3) is 0 Å². The number of halogens is 1. The summed E-state index contributed by atoms with van der Waals surface area (Å²) >= 11 is 0. The Kier molecular flexibility index (Phi) is 3.09. The van der Waals surface area contributed by atoms with Gasteiger partial charge in [-0.15, -0.1) is 6.42 Å². The Hall–Kier alpha value is -2.25. The molecular formula is C14H11FO3. The molecule has 1 heterocycles. The molecule has 0 aliphatic heterocycles. The van der Waals surface area contributed by atoms with Crippen molar-refractivity contribution < 1.29 is 18.7 Å². The van der Waals surface area contributed by atoms with E-state index in [0.717, 1.165) is 6.07 Å². The van der Waals surface area contributed by atoms with Crippen LogP contribution in [0.15, 0.2) is 41.0 Å². The molecule has 1 N–H and O–H groups in total. The van der Waals surface area contributed by atoms with Gasteiger partial charge in [0.15, 0.2) is 17.3 Å². The molecule has 0 fully saturated rings. The number of aliphatic hydroxyl groups is 1. The van der Waals surface area contributed by atoms with Crippen molar-refractivity contribution >= 4 is 0 Å². The van der Waals surface area contributed by atoms with E-state index in [0.29, 0.717) is 0 Å². The second-order valence-electron chi connectivity index (χ2n) is 3.68. The summed E-state index contributed by atoms with van der Waals surface area (Å²) in [6.45, 7) is 0. The minimum atomic E-state index is -1.80. The first-order chi connectivity index (χ1) is 8.61. The number of hydrogen-bond donors (Lipinski definition) is 1. The number of terminal acetylenes is 1. The summed E-state index contributed by atoms with van der Waals surface area (Å²) in [6.07, 6.45) is 6.72. The van der Waals surface area contributed by atoms with Gasteiger partial charge in [0, 0.05) is 5.56 Å². The van der Waals surface area contributed by atoms with Crippen molar-refractivity contribution in [1.29, 1.82) is 0 Å². The van der Waals surface area contributed by atoms with Crippen LogP contribution in [0.5, 0.6) is 5.75 Å². The van der Waals surface area contributed by atoms with Gasteiger partial charge in [-0.3, -0.25) is 0 Å². The molecule has 3 nitrogen and oxygen atoms in total. The first kappa shape index (κ1) is 12.2. The minimum Gasteiger partial charge on any atom is -0.494 e. The fourth-order valence-corrected chi connectivity index (χ4v) is 1.67. The molecule has 1 unspecified atom stereocenters. The number of methoxy groups -OCH3 is 1. The molecule has 1 aromatic heterocycles. The van der Waals surface area contributed by atoms with Gasteiger partial charge in [0.2, 0.25) is 5.60 Å². The van der Waals surface area contributed by atoms with Crippen LogP contribution in [0.3, 0.4) is 0 Å². The van der Waals surface area contributed by atoms with E-state index < -0.39 is 11.4 Å². The molecule has 4 heteroatoms. The molecule has 2 rings (SSSR count). The third-order valence-electron chi connectivity index (χ3n) is 2.66. The normalized spacial score (nSPS) is 13.7. The molecule has 0 amide bonds. The van der Waals surface area contributed by atoms with Crippen LogP contribution >= 0.6 is 0 Å². The van der Waals surface area contributed by atoms with Gasteiger partial charge in [-0.1, -0.05) is 12.0 Å². The molecule has 0 radical (unpaired) electrons. The second-order valence-corrected chi connectivity index (χ2v) is 3.68. The summed E-state index contributed by atoms with van der Waals surface area (Å²) in [7, 11) is 1.36. The lowest BCUT2D eigenvalue weighted by Gasteiger charge is -2.20. The van der Waals surface area contributed by atoms with Crippen LogP contribution in [0, 0.1) is 18.2 Å². The SMILES string of the molecule is C#CC(O)(c1ccc(OC)c(F)c1)c1ccco1. The van der Waals surface area contributed by atoms with Crippen molar-refractivity contribution in [2.75, 3.05) is 7.11 Å². The molecule has 1 aromatic carbocycles. The maximum atomic E-state index is 13.6. The zero-order valence-corrected chi connectivity index (χ0v) is 9.68. The summed E-state index contributed by atoms with van der Waals surface area (Å²) in [4.78, 5) is 0. The number of benzene rings is 1. The molecule has 0 spiro atoms. The Morgan fingerprint density at radius 3 is 2.72 bits per heavy atom. The van der Waals surface area contributed by atoms with Gasteiger partial charge in [0.05, 0.1) is 13.4 Å². The van der Waals surface area contributed by atoms with E-state index >= 15 is 0 Å². The Balaban J connectivity index is 2.53. The van der Waals surface area contributed by atoms with E-state index in [1.54, 1.807) is 6.07 Å². The molecule has 2 aromatic rings. The third kappa shape index (κ3) is 1.85. The lowest BCUT2D eigenvalue weighted by atomic mass is 9.92. The lowest BCUT2D eigenvalue weighted by Crippen LogP contribution is -2.24. The summed E-state index contributed by atoms with van der Waals surface area (Å²) in [5, 5.41) is 10.4. The molecule has 92 valence electrons. The van der Waals surface area contributed by atoms with E-state index in [1.165, 1.54) is 31.6 Å². The molecule has 18 heavy (non-hydrogen) atoms. The highest BCUT2D eigenvalue weighted by molar-refractivity contribution is 5.42. The van der Waals surface area contributed by atoms with Gasteiger partial charge in [0.1, 0.15) is 0 Å². The molecular weight excluding hydrogens is 235 g/mol. The van der Waals surface area contributed by atoms with Crippen LogP contribution in [0.2, 0.25) is 0 Å². The number of hydrogen-bond acceptors (Lipinski definition) is 3. The number of rotatable bonds is 3. The molecule has 0 aliphatic rings. The fraction of sp³-hybridized carbons (Fsp3) is 0.143. The van der Waals surface area contributed by atoms with E-state index in [4.69, 9.17) is 15.6 Å². The van der Waals surface area contributed by atoms with Gasteiger partial charge in [-0.2, -0.15) is 0 Å². The van der Waals surface area contributed by atoms with Crippen LogP contribution in [-0.4, -0.2) is 12.2 Å². The predicted octanol–water partition coefficient (Wildman–Crippen LogP) is 2.30. The fourth-order valence-electron chi connectivity index (χ4n) is 1.67. The van der Waals surface area contributed by atoms with Gasteiger partial charge >= 0.3 is 0 Å². The minimum absolute atomic E-state index is 0.0811. The number of ether oxygens (including phenoxy) is 1. The highest BCUT2D eigenvalue weighted by Crippen LogP contribution is 2.31. The van der Waals surface area contributed by atoms with E-state index in [-0.39, 0.29) is 17.1 Å². The van der Waals surface area contributed by atoms with Crippen molar-refractivity contribution in [3.63, 3.8) is 0 Å². The van der Waals surface area contributed by atoms with Crippen molar-refractivity contribution in [3.05, 3.63) is 53.7 Å². The van der Waals surface area contributed by atoms with E-state index in [2.05, 4.69) is 5.92 Å². The summed E-state index contributed by atoms with van der Waals surface area (Å²) in [5.74, 6) is 1.86.